The van der Waals surface area contributed by atoms with Gasteiger partial charge in [-0.25, -0.2) is 13.4 Å². The van der Waals surface area contributed by atoms with E-state index in [1.54, 1.807) is 6.07 Å². The van der Waals surface area contributed by atoms with Crippen LogP contribution in [0.15, 0.2) is 6.07 Å². The Hall–Kier alpha value is -1.42. The highest BCUT2D eigenvalue weighted by Gasteiger charge is 2.50. The minimum Gasteiger partial charge on any atom is -0.387 e. The van der Waals surface area contributed by atoms with Gasteiger partial charge in [0.1, 0.15) is 23.5 Å². The van der Waals surface area contributed by atoms with Crippen LogP contribution in [0.5, 0.6) is 0 Å². The molecule has 3 heterocycles. The second-order valence-corrected chi connectivity index (χ2v) is 14.0. The molecule has 36 heavy (non-hydrogen) atoms. The number of aromatic nitrogens is 4. The third-order valence-corrected chi connectivity index (χ3v) is 9.40. The summed E-state index contributed by atoms with van der Waals surface area (Å²) >= 11 is 6.22. The van der Waals surface area contributed by atoms with Gasteiger partial charge < -0.3 is 34.8 Å². The van der Waals surface area contributed by atoms with Crippen molar-refractivity contribution >= 4 is 45.9 Å². The van der Waals surface area contributed by atoms with Gasteiger partial charge in [0.15, 0.2) is 32.6 Å². The Kier molecular flexibility index (Phi) is 7.70. The van der Waals surface area contributed by atoms with Gasteiger partial charge in [0.05, 0.1) is 18.0 Å². The number of halogens is 1. The first-order valence-corrected chi connectivity index (χ1v) is 15.3. The van der Waals surface area contributed by atoms with E-state index in [4.69, 9.17) is 21.1 Å². The number of aliphatic hydroxyl groups excluding tert-OH is 2. The van der Waals surface area contributed by atoms with Crippen LogP contribution in [0.25, 0.3) is 11.2 Å². The summed E-state index contributed by atoms with van der Waals surface area (Å²) < 4.78 is 47.6. The Morgan fingerprint density at radius 2 is 1.97 bits per heavy atom. The predicted octanol–water partition coefficient (Wildman–Crippen LogP) is 0.408. The van der Waals surface area contributed by atoms with Crippen molar-refractivity contribution in [2.75, 3.05) is 23.9 Å². The molecule has 14 nitrogen and oxygen atoms in total. The van der Waals surface area contributed by atoms with Crippen LogP contribution < -0.4 is 5.32 Å². The highest BCUT2D eigenvalue weighted by Crippen LogP contribution is 2.52. The molecule has 1 aliphatic carbocycles. The zero-order valence-electron chi connectivity index (χ0n) is 19.6. The fourth-order valence-electron chi connectivity index (χ4n) is 4.49. The highest BCUT2D eigenvalue weighted by atomic mass is 35.5. The number of pyridine rings is 1. The lowest BCUT2D eigenvalue weighted by Crippen LogP contribution is -2.41. The van der Waals surface area contributed by atoms with Gasteiger partial charge in [-0.15, -0.1) is 5.10 Å². The normalized spacial score (nSPS) is 27.5. The lowest BCUT2D eigenvalue weighted by Gasteiger charge is -2.31. The van der Waals surface area contributed by atoms with Gasteiger partial charge in [0.2, 0.25) is 0 Å². The molecule has 0 aromatic carbocycles. The first kappa shape index (κ1) is 27.6. The standard InChI is InChI=1S/C19H29ClN5O9PS/c1-19(35(28,29)30,9-36(2,31)32)33-8-12-15(26)16(27)18(34-12)25-17-14(23-24-25)11(7-13(20)22-17)21-10-5-3-4-6-10/h7,10,12,15-16,18,26-27H,3-6,8-9H2,1-2H3,(H,21,22)(H2,28,29,30)/t12-,15-,16-,18-,19?/m1/s1. The van der Waals surface area contributed by atoms with E-state index in [0.29, 0.717) is 11.2 Å². The molecule has 2 aliphatic rings. The zero-order chi connectivity index (χ0) is 26.5. The van der Waals surface area contributed by atoms with E-state index in [0.717, 1.165) is 43.5 Å². The average Bonchev–Trinajstić information content (AvgIpc) is 3.46. The molecule has 4 rings (SSSR count). The second kappa shape index (κ2) is 10.0. The fourth-order valence-corrected chi connectivity index (χ4v) is 7.35. The van der Waals surface area contributed by atoms with Gasteiger partial charge in [0, 0.05) is 18.4 Å². The smallest absolute Gasteiger partial charge is 0.357 e. The molecule has 1 aliphatic heterocycles. The van der Waals surface area contributed by atoms with Gasteiger partial charge in [-0.2, -0.15) is 4.68 Å². The molecule has 1 saturated heterocycles. The molecule has 2 aromatic heterocycles. The number of ether oxygens (including phenoxy) is 2. The van der Waals surface area contributed by atoms with Crippen LogP contribution in [-0.4, -0.2) is 96.7 Å². The summed E-state index contributed by atoms with van der Waals surface area (Å²) in [5.74, 6) is -0.966. The molecule has 202 valence electrons. The van der Waals surface area contributed by atoms with Crippen LogP contribution in [0, 0.1) is 0 Å². The van der Waals surface area contributed by atoms with Crippen molar-refractivity contribution in [3.8, 4) is 0 Å². The average molecular weight is 570 g/mol. The molecular weight excluding hydrogens is 541 g/mol. The van der Waals surface area contributed by atoms with E-state index in [2.05, 4.69) is 20.6 Å². The van der Waals surface area contributed by atoms with Crippen LogP contribution in [-0.2, 0) is 23.9 Å². The Bertz CT molecular complexity index is 1270. The van der Waals surface area contributed by atoms with Crippen molar-refractivity contribution in [2.24, 2.45) is 0 Å². The maximum absolute atomic E-state index is 12.0. The Balaban J connectivity index is 1.56. The van der Waals surface area contributed by atoms with Crippen molar-refractivity contribution in [3.63, 3.8) is 0 Å². The SMILES string of the molecule is CC(CS(C)(=O)=O)(OC[C@H]1O[C@@H](n2nnc3c(NC4CCCC4)cc(Cl)nc32)[C@H](O)[C@@H]1O)P(=O)(O)O. The quantitative estimate of drug-likeness (QED) is 0.205. The molecule has 5 N–H and O–H groups in total. The van der Waals surface area contributed by atoms with Gasteiger partial charge in [-0.05, 0) is 19.8 Å². The summed E-state index contributed by atoms with van der Waals surface area (Å²) in [6.07, 6.45) is -0.598. The minimum absolute atomic E-state index is 0.151. The Morgan fingerprint density at radius 3 is 2.58 bits per heavy atom. The minimum atomic E-state index is -5.06. The molecule has 0 amide bonds. The largest absolute Gasteiger partial charge is 0.387 e. The second-order valence-electron chi connectivity index (χ2n) is 9.47. The van der Waals surface area contributed by atoms with Crippen LogP contribution in [0.1, 0.15) is 38.8 Å². The van der Waals surface area contributed by atoms with E-state index in [1.165, 1.54) is 0 Å². The van der Waals surface area contributed by atoms with E-state index in [-0.39, 0.29) is 16.8 Å². The summed E-state index contributed by atoms with van der Waals surface area (Å²) in [4.78, 5) is 23.6. The van der Waals surface area contributed by atoms with Crippen molar-refractivity contribution in [3.05, 3.63) is 11.2 Å². The van der Waals surface area contributed by atoms with E-state index < -0.39 is 59.7 Å². The first-order chi connectivity index (χ1) is 16.7. The van der Waals surface area contributed by atoms with E-state index >= 15 is 0 Å². The molecular formula is C19H29ClN5O9PS. The van der Waals surface area contributed by atoms with Crippen molar-refractivity contribution in [1.82, 2.24) is 20.0 Å². The predicted molar refractivity (Wildman–Crippen MR) is 128 cm³/mol. The van der Waals surface area contributed by atoms with Crippen LogP contribution >= 0.6 is 19.2 Å². The molecule has 1 saturated carbocycles. The molecule has 1 unspecified atom stereocenters. The molecule has 0 radical (unpaired) electrons. The lowest BCUT2D eigenvalue weighted by molar-refractivity contribution is -0.0903. The maximum Gasteiger partial charge on any atom is 0.357 e. The summed E-state index contributed by atoms with van der Waals surface area (Å²) in [7, 11) is -8.90. The zero-order valence-corrected chi connectivity index (χ0v) is 22.0. The number of sulfone groups is 1. The maximum atomic E-state index is 12.0. The topological polar surface area (TPSA) is 206 Å². The number of rotatable bonds is 9. The summed E-state index contributed by atoms with van der Waals surface area (Å²) in [5.41, 5.74) is 1.20. The molecule has 2 fully saturated rings. The highest BCUT2D eigenvalue weighted by molar-refractivity contribution is 7.91. The lowest BCUT2D eigenvalue weighted by atomic mass is 10.1. The van der Waals surface area contributed by atoms with Gasteiger partial charge in [-0.1, -0.05) is 29.7 Å². The molecule has 0 spiro atoms. The molecule has 2 aromatic rings. The van der Waals surface area contributed by atoms with E-state index in [9.17, 15) is 33.0 Å². The summed E-state index contributed by atoms with van der Waals surface area (Å²) in [5, 5.41) is 30.5. The van der Waals surface area contributed by atoms with Gasteiger partial charge in [-0.3, -0.25) is 4.57 Å². The van der Waals surface area contributed by atoms with E-state index in [1.807, 2.05) is 0 Å². The number of nitrogens with zero attached hydrogens (tertiary/aromatic N) is 4. The number of anilines is 1. The number of hydrogen-bond acceptors (Lipinski definition) is 11. The van der Waals surface area contributed by atoms with Crippen molar-refractivity contribution in [1.29, 1.82) is 0 Å². The summed E-state index contributed by atoms with van der Waals surface area (Å²) in [6.45, 7) is 0.334. The van der Waals surface area contributed by atoms with Crippen LogP contribution in [0.2, 0.25) is 5.15 Å². The third kappa shape index (κ3) is 5.69. The molecule has 17 heteroatoms. The fraction of sp³-hybridized carbons (Fsp3) is 0.737. The number of fused-ring (bicyclic) bond motifs is 1. The number of hydrogen-bond donors (Lipinski definition) is 5. The third-order valence-electron chi connectivity index (χ3n) is 6.40. The monoisotopic (exact) mass is 569 g/mol. The molecule has 0 bridgehead atoms. The Morgan fingerprint density at radius 1 is 1.31 bits per heavy atom. The van der Waals surface area contributed by atoms with Gasteiger partial charge >= 0.3 is 7.60 Å². The van der Waals surface area contributed by atoms with Crippen LogP contribution in [0.4, 0.5) is 5.69 Å². The van der Waals surface area contributed by atoms with Crippen molar-refractivity contribution < 1.29 is 42.5 Å². The van der Waals surface area contributed by atoms with Crippen molar-refractivity contribution in [2.45, 2.75) is 68.5 Å². The van der Waals surface area contributed by atoms with Gasteiger partial charge in [0.25, 0.3) is 0 Å². The number of nitrogens with one attached hydrogen (secondary N) is 1. The summed E-state index contributed by atoms with van der Waals surface area (Å²) in [6, 6.07) is 1.88. The Labute approximate surface area is 212 Å². The van der Waals surface area contributed by atoms with Crippen LogP contribution in [0.3, 0.4) is 0 Å². The molecule has 5 atom stereocenters. The number of aliphatic hydroxyl groups is 2. The first-order valence-electron chi connectivity index (χ1n) is 11.3.